The van der Waals surface area contributed by atoms with Gasteiger partial charge in [0.25, 0.3) is 0 Å². The van der Waals surface area contributed by atoms with Crippen LogP contribution in [-0.2, 0) is 11.3 Å². The Hall–Kier alpha value is -0.713. The third-order valence-electron chi connectivity index (χ3n) is 1.81. The smallest absolute Gasteiger partial charge is 1.00 e. The fourth-order valence-electron chi connectivity index (χ4n) is 1.11. The van der Waals surface area contributed by atoms with Crippen molar-refractivity contribution < 1.29 is 25.1 Å². The molecule has 3 heteroatoms. The molecule has 0 spiro atoms. The summed E-state index contributed by atoms with van der Waals surface area (Å²) in [4.78, 5) is 11.1. The van der Waals surface area contributed by atoms with Crippen LogP contribution in [0.4, 0.5) is 0 Å². The molecule has 1 rings (SSSR count). The Morgan fingerprint density at radius 2 is 2.00 bits per heavy atom. The van der Waals surface area contributed by atoms with E-state index in [-0.39, 0.29) is 26.2 Å². The number of carbonyl (C=O) groups excluding carboxylic acids is 1. The second-order valence-corrected chi connectivity index (χ2v) is 3.01. The predicted octanol–water partition coefficient (Wildman–Crippen LogP) is -0.781. The van der Waals surface area contributed by atoms with Crippen LogP contribution in [-0.4, -0.2) is 5.91 Å². The fourth-order valence-corrected chi connectivity index (χ4v) is 1.11. The van der Waals surface area contributed by atoms with Crippen LogP contribution in [0.25, 0.3) is 0 Å². The maximum Gasteiger partial charge on any atom is 1.00 e. The van der Waals surface area contributed by atoms with Crippen LogP contribution in [0, 0.1) is 0 Å². The summed E-state index contributed by atoms with van der Waals surface area (Å²) >= 11 is 0. The zero-order valence-corrected chi connectivity index (χ0v) is 8.92. The van der Waals surface area contributed by atoms with Gasteiger partial charge in [0.2, 0.25) is 5.91 Å². The molecule has 14 heavy (non-hydrogen) atoms. The van der Waals surface area contributed by atoms with Gasteiger partial charge in [-0.25, -0.2) is 0 Å². The van der Waals surface area contributed by atoms with E-state index in [1.165, 1.54) is 0 Å². The normalized spacial score (nSPS) is 8.93. The van der Waals surface area contributed by atoms with Gasteiger partial charge in [0.15, 0.2) is 0 Å². The SMILES string of the molecule is CCCC(=O)NCc1ccccc1.[H-].[Li+]. The molecule has 0 atom stereocenters. The zero-order valence-electron chi connectivity index (χ0n) is 9.92. The van der Waals surface area contributed by atoms with Gasteiger partial charge >= 0.3 is 18.9 Å². The van der Waals surface area contributed by atoms with Crippen molar-refractivity contribution >= 4 is 5.91 Å². The van der Waals surface area contributed by atoms with Crippen LogP contribution in [0.3, 0.4) is 0 Å². The summed E-state index contributed by atoms with van der Waals surface area (Å²) in [6.07, 6.45) is 1.52. The van der Waals surface area contributed by atoms with Crippen molar-refractivity contribution in [1.82, 2.24) is 5.32 Å². The molecule has 0 radical (unpaired) electrons. The van der Waals surface area contributed by atoms with Crippen molar-refractivity contribution in [1.29, 1.82) is 0 Å². The van der Waals surface area contributed by atoms with E-state index in [1.54, 1.807) is 0 Å². The molecule has 0 bridgehead atoms. The van der Waals surface area contributed by atoms with Crippen molar-refractivity contribution in [3.63, 3.8) is 0 Å². The topological polar surface area (TPSA) is 29.1 Å². The van der Waals surface area contributed by atoms with E-state index in [0.717, 1.165) is 12.0 Å². The Kier molecular flexibility index (Phi) is 7.28. The van der Waals surface area contributed by atoms with Gasteiger partial charge in [0.05, 0.1) is 0 Å². The van der Waals surface area contributed by atoms with Crippen molar-refractivity contribution in [2.45, 2.75) is 26.3 Å². The van der Waals surface area contributed by atoms with Crippen LogP contribution in [0.2, 0.25) is 0 Å². The van der Waals surface area contributed by atoms with Crippen molar-refractivity contribution in [3.8, 4) is 0 Å². The van der Waals surface area contributed by atoms with Crippen LogP contribution in [0.1, 0.15) is 26.8 Å². The van der Waals surface area contributed by atoms with E-state index >= 15 is 0 Å². The summed E-state index contributed by atoms with van der Waals surface area (Å²) in [5.41, 5.74) is 1.15. The molecule has 1 aromatic rings. The molecule has 1 aromatic carbocycles. The number of hydrogen-bond donors (Lipinski definition) is 1. The first-order valence-electron chi connectivity index (χ1n) is 4.63. The Labute approximate surface area is 98.7 Å². The van der Waals surface area contributed by atoms with Gasteiger partial charge in [-0.2, -0.15) is 0 Å². The molecule has 0 saturated carbocycles. The van der Waals surface area contributed by atoms with Gasteiger partial charge in [-0.1, -0.05) is 37.3 Å². The maximum atomic E-state index is 11.1. The molecule has 72 valence electrons. The van der Waals surface area contributed by atoms with Crippen LogP contribution < -0.4 is 24.2 Å². The molecular formula is C11H16LiNO. The van der Waals surface area contributed by atoms with E-state index in [2.05, 4.69) is 5.32 Å². The summed E-state index contributed by atoms with van der Waals surface area (Å²) in [5, 5.41) is 2.86. The van der Waals surface area contributed by atoms with E-state index < -0.39 is 0 Å². The summed E-state index contributed by atoms with van der Waals surface area (Å²) in [5.74, 6) is 0.131. The standard InChI is InChI=1S/C11H15NO.Li.H/c1-2-6-11(13)12-9-10-7-4-3-5-8-10;;/h3-5,7-8H,2,6,9H2,1H3,(H,12,13);;/q;+1;-1. The summed E-state index contributed by atoms with van der Waals surface area (Å²) in [6, 6.07) is 9.93. The second-order valence-electron chi connectivity index (χ2n) is 3.01. The first-order valence-corrected chi connectivity index (χ1v) is 4.63. The monoisotopic (exact) mass is 185 g/mol. The number of hydrogen-bond acceptors (Lipinski definition) is 1. The zero-order chi connectivity index (χ0) is 9.52. The average molecular weight is 185 g/mol. The van der Waals surface area contributed by atoms with Crippen molar-refractivity contribution in [2.24, 2.45) is 0 Å². The first-order chi connectivity index (χ1) is 6.33. The minimum atomic E-state index is 0. The molecule has 0 aromatic heterocycles. The minimum absolute atomic E-state index is 0. The molecule has 0 fully saturated rings. The summed E-state index contributed by atoms with van der Waals surface area (Å²) in [7, 11) is 0. The molecular weight excluding hydrogens is 169 g/mol. The predicted molar refractivity (Wildman–Crippen MR) is 54.3 cm³/mol. The molecule has 0 aliphatic carbocycles. The van der Waals surface area contributed by atoms with Gasteiger partial charge in [-0.3, -0.25) is 4.79 Å². The first kappa shape index (κ1) is 13.3. The van der Waals surface area contributed by atoms with Crippen LogP contribution in [0.15, 0.2) is 30.3 Å². The van der Waals surface area contributed by atoms with Gasteiger partial charge in [0, 0.05) is 13.0 Å². The van der Waals surface area contributed by atoms with E-state index in [4.69, 9.17) is 0 Å². The molecule has 0 saturated heterocycles. The minimum Gasteiger partial charge on any atom is -1.00 e. The molecule has 0 aliphatic rings. The molecule has 2 nitrogen and oxygen atoms in total. The van der Waals surface area contributed by atoms with E-state index in [0.29, 0.717) is 13.0 Å². The molecule has 0 heterocycles. The van der Waals surface area contributed by atoms with Crippen molar-refractivity contribution in [3.05, 3.63) is 35.9 Å². The number of rotatable bonds is 4. The fraction of sp³-hybridized carbons (Fsp3) is 0.364. The van der Waals surface area contributed by atoms with Gasteiger partial charge in [-0.15, -0.1) is 0 Å². The third-order valence-corrected chi connectivity index (χ3v) is 1.81. The third kappa shape index (κ3) is 5.11. The van der Waals surface area contributed by atoms with Gasteiger partial charge in [0.1, 0.15) is 0 Å². The van der Waals surface area contributed by atoms with Gasteiger partial charge < -0.3 is 6.74 Å². The molecule has 1 N–H and O–H groups in total. The van der Waals surface area contributed by atoms with E-state index in [9.17, 15) is 4.79 Å². The number of carbonyl (C=O) groups is 1. The van der Waals surface area contributed by atoms with Crippen molar-refractivity contribution in [2.75, 3.05) is 0 Å². The molecule has 0 unspecified atom stereocenters. The Morgan fingerprint density at radius 3 is 2.57 bits per heavy atom. The summed E-state index contributed by atoms with van der Waals surface area (Å²) in [6.45, 7) is 2.64. The van der Waals surface area contributed by atoms with Crippen LogP contribution in [0.5, 0.6) is 0 Å². The number of benzene rings is 1. The summed E-state index contributed by atoms with van der Waals surface area (Å²) < 4.78 is 0. The molecule has 0 aliphatic heterocycles. The Balaban J connectivity index is 0. The molecule has 1 amide bonds. The largest absolute Gasteiger partial charge is 1.00 e. The van der Waals surface area contributed by atoms with E-state index in [1.807, 2.05) is 37.3 Å². The van der Waals surface area contributed by atoms with Crippen LogP contribution >= 0.6 is 0 Å². The van der Waals surface area contributed by atoms with Gasteiger partial charge in [-0.05, 0) is 12.0 Å². The number of nitrogens with one attached hydrogen (secondary N) is 1. The Bertz CT molecular complexity index is 267. The average Bonchev–Trinajstić information content (AvgIpc) is 2.17. The quantitative estimate of drug-likeness (QED) is 0.612. The number of amides is 1. The Morgan fingerprint density at radius 1 is 1.36 bits per heavy atom. The maximum absolute atomic E-state index is 11.1. The second kappa shape index (κ2) is 7.67.